The van der Waals surface area contributed by atoms with E-state index in [9.17, 15) is 4.79 Å². The third-order valence-corrected chi connectivity index (χ3v) is 2.70. The second-order valence-corrected chi connectivity index (χ2v) is 4.11. The van der Waals surface area contributed by atoms with Crippen LogP contribution in [0.2, 0.25) is 0 Å². The molecule has 0 N–H and O–H groups in total. The highest BCUT2D eigenvalue weighted by molar-refractivity contribution is 5.95. The molecule has 15 heavy (non-hydrogen) atoms. The molecule has 0 spiro atoms. The van der Waals surface area contributed by atoms with Gasteiger partial charge >= 0.3 is 0 Å². The molecule has 1 heteroatoms. The van der Waals surface area contributed by atoms with Crippen molar-refractivity contribution in [1.29, 1.82) is 0 Å². The van der Waals surface area contributed by atoms with E-state index in [2.05, 4.69) is 27.7 Å². The van der Waals surface area contributed by atoms with E-state index >= 15 is 0 Å². The lowest BCUT2D eigenvalue weighted by Crippen LogP contribution is -2.05. The van der Waals surface area contributed by atoms with Crippen molar-refractivity contribution in [1.82, 2.24) is 0 Å². The molecule has 0 aliphatic rings. The molecule has 0 aromatic rings. The van der Waals surface area contributed by atoms with Gasteiger partial charge in [0, 0.05) is 6.42 Å². The van der Waals surface area contributed by atoms with Crippen LogP contribution >= 0.6 is 0 Å². The number of carbonyl (C=O) groups is 1. The number of rotatable bonds is 8. The highest BCUT2D eigenvalue weighted by Gasteiger charge is 2.11. The van der Waals surface area contributed by atoms with Gasteiger partial charge in [-0.25, -0.2) is 0 Å². The molecule has 0 fully saturated rings. The maximum Gasteiger partial charge on any atom is 0.158 e. The Morgan fingerprint density at radius 2 is 1.27 bits per heavy atom. The summed E-state index contributed by atoms with van der Waals surface area (Å²) in [6.45, 7) is 8.55. The number of carbonyl (C=O) groups excluding carboxylic acids is 1. The number of hydrogen-bond donors (Lipinski definition) is 0. The Hall–Kier alpha value is -0.590. The fourth-order valence-corrected chi connectivity index (χ4v) is 2.05. The summed E-state index contributed by atoms with van der Waals surface area (Å²) in [7, 11) is 0. The summed E-state index contributed by atoms with van der Waals surface area (Å²) in [5.41, 5.74) is 2.54. The van der Waals surface area contributed by atoms with E-state index in [4.69, 9.17) is 0 Å². The molecule has 0 saturated carbocycles. The molecule has 88 valence electrons. The van der Waals surface area contributed by atoms with E-state index in [1.807, 2.05) is 0 Å². The zero-order valence-corrected chi connectivity index (χ0v) is 10.9. The SMILES string of the molecule is CCCC(=O)C(CC)=C(CCC)CCC. The van der Waals surface area contributed by atoms with Crippen LogP contribution in [-0.2, 0) is 4.79 Å². The van der Waals surface area contributed by atoms with Gasteiger partial charge in [-0.1, -0.05) is 46.1 Å². The summed E-state index contributed by atoms with van der Waals surface area (Å²) in [5.74, 6) is 0.386. The average Bonchev–Trinajstić information content (AvgIpc) is 2.20. The van der Waals surface area contributed by atoms with Gasteiger partial charge in [-0.05, 0) is 31.3 Å². The van der Waals surface area contributed by atoms with Crippen molar-refractivity contribution in [2.75, 3.05) is 0 Å². The molecule has 0 saturated heterocycles. The topological polar surface area (TPSA) is 17.1 Å². The van der Waals surface area contributed by atoms with E-state index in [0.29, 0.717) is 5.78 Å². The summed E-state index contributed by atoms with van der Waals surface area (Å²) in [5, 5.41) is 0. The molecule has 0 aromatic heterocycles. The van der Waals surface area contributed by atoms with Crippen LogP contribution in [-0.4, -0.2) is 5.78 Å². The molecule has 0 bridgehead atoms. The van der Waals surface area contributed by atoms with Crippen LogP contribution in [0.5, 0.6) is 0 Å². The van der Waals surface area contributed by atoms with E-state index in [-0.39, 0.29) is 0 Å². The second kappa shape index (κ2) is 8.70. The van der Waals surface area contributed by atoms with E-state index in [1.54, 1.807) is 0 Å². The van der Waals surface area contributed by atoms with Crippen molar-refractivity contribution in [3.8, 4) is 0 Å². The van der Waals surface area contributed by atoms with Gasteiger partial charge in [0.05, 0.1) is 0 Å². The zero-order valence-electron chi connectivity index (χ0n) is 10.9. The lowest BCUT2D eigenvalue weighted by Gasteiger charge is -2.12. The van der Waals surface area contributed by atoms with Crippen LogP contribution in [0.15, 0.2) is 11.1 Å². The molecular formula is C14H26O. The average molecular weight is 210 g/mol. The normalized spacial score (nSPS) is 10.1. The maximum atomic E-state index is 11.9. The standard InChI is InChI=1S/C14H26O/c1-5-9-12(10-6-2)13(8-4)14(15)11-7-3/h5-11H2,1-4H3. The van der Waals surface area contributed by atoms with Gasteiger partial charge in [-0.15, -0.1) is 0 Å². The Balaban J connectivity index is 4.76. The molecule has 0 rings (SSSR count). The minimum Gasteiger partial charge on any atom is -0.295 e. The van der Waals surface area contributed by atoms with Gasteiger partial charge in [0.25, 0.3) is 0 Å². The molecule has 0 aliphatic carbocycles. The van der Waals surface area contributed by atoms with E-state index < -0.39 is 0 Å². The van der Waals surface area contributed by atoms with Crippen molar-refractivity contribution >= 4 is 5.78 Å². The first-order valence-electron chi connectivity index (χ1n) is 6.45. The van der Waals surface area contributed by atoms with Crippen LogP contribution < -0.4 is 0 Å². The predicted octanol–water partition coefficient (Wildman–Crippen LogP) is 4.66. The first kappa shape index (κ1) is 14.4. The van der Waals surface area contributed by atoms with Gasteiger partial charge < -0.3 is 0 Å². The maximum absolute atomic E-state index is 11.9. The molecular weight excluding hydrogens is 184 g/mol. The Bertz CT molecular complexity index is 205. The van der Waals surface area contributed by atoms with Crippen molar-refractivity contribution in [3.05, 3.63) is 11.1 Å². The lowest BCUT2D eigenvalue weighted by atomic mass is 9.93. The molecule has 0 amide bonds. The van der Waals surface area contributed by atoms with Gasteiger partial charge in [0.1, 0.15) is 0 Å². The highest BCUT2D eigenvalue weighted by atomic mass is 16.1. The third-order valence-electron chi connectivity index (χ3n) is 2.70. The molecule has 0 aromatic carbocycles. The summed E-state index contributed by atoms with van der Waals surface area (Å²) in [6, 6.07) is 0. The summed E-state index contributed by atoms with van der Waals surface area (Å²) < 4.78 is 0. The molecule has 0 radical (unpaired) electrons. The van der Waals surface area contributed by atoms with Gasteiger partial charge in [0.15, 0.2) is 5.78 Å². The van der Waals surface area contributed by atoms with Gasteiger partial charge in [-0.3, -0.25) is 4.79 Å². The van der Waals surface area contributed by atoms with E-state index in [0.717, 1.165) is 50.5 Å². The Kier molecular flexibility index (Phi) is 8.35. The first-order chi connectivity index (χ1) is 7.21. The quantitative estimate of drug-likeness (QED) is 0.532. The third kappa shape index (κ3) is 5.15. The smallest absolute Gasteiger partial charge is 0.158 e. The Labute approximate surface area is 95.0 Å². The van der Waals surface area contributed by atoms with Crippen molar-refractivity contribution in [2.45, 2.75) is 72.6 Å². The number of allylic oxidation sites excluding steroid dienone is 2. The monoisotopic (exact) mass is 210 g/mol. The zero-order chi connectivity index (χ0) is 11.7. The summed E-state index contributed by atoms with van der Waals surface area (Å²) in [4.78, 5) is 11.9. The minimum atomic E-state index is 0.386. The van der Waals surface area contributed by atoms with Gasteiger partial charge in [-0.2, -0.15) is 0 Å². The molecule has 0 unspecified atom stereocenters. The molecule has 0 atom stereocenters. The van der Waals surface area contributed by atoms with Gasteiger partial charge in [0.2, 0.25) is 0 Å². The predicted molar refractivity (Wildman–Crippen MR) is 67.0 cm³/mol. The van der Waals surface area contributed by atoms with Crippen LogP contribution in [0.25, 0.3) is 0 Å². The van der Waals surface area contributed by atoms with Crippen LogP contribution in [0, 0.1) is 0 Å². The minimum absolute atomic E-state index is 0.386. The van der Waals surface area contributed by atoms with Crippen LogP contribution in [0.3, 0.4) is 0 Å². The highest BCUT2D eigenvalue weighted by Crippen LogP contribution is 2.21. The summed E-state index contributed by atoms with van der Waals surface area (Å²) >= 11 is 0. The molecule has 0 heterocycles. The number of ketones is 1. The Morgan fingerprint density at radius 3 is 1.60 bits per heavy atom. The van der Waals surface area contributed by atoms with Crippen molar-refractivity contribution < 1.29 is 4.79 Å². The number of Topliss-reactive ketones (excluding diaryl/α,β-unsaturated/α-hetero) is 1. The fourth-order valence-electron chi connectivity index (χ4n) is 2.05. The van der Waals surface area contributed by atoms with E-state index in [1.165, 1.54) is 5.57 Å². The molecule has 1 nitrogen and oxygen atoms in total. The van der Waals surface area contributed by atoms with Crippen molar-refractivity contribution in [3.63, 3.8) is 0 Å². The lowest BCUT2D eigenvalue weighted by molar-refractivity contribution is -0.115. The second-order valence-electron chi connectivity index (χ2n) is 4.11. The van der Waals surface area contributed by atoms with Crippen molar-refractivity contribution in [2.24, 2.45) is 0 Å². The Morgan fingerprint density at radius 1 is 0.800 bits per heavy atom. The fraction of sp³-hybridized carbons (Fsp3) is 0.786. The molecule has 0 aliphatic heterocycles. The first-order valence-corrected chi connectivity index (χ1v) is 6.45. The number of hydrogen-bond acceptors (Lipinski definition) is 1. The summed E-state index contributed by atoms with van der Waals surface area (Å²) in [6.07, 6.45) is 7.11. The largest absolute Gasteiger partial charge is 0.295 e. The van der Waals surface area contributed by atoms with Crippen LogP contribution in [0.4, 0.5) is 0 Å². The van der Waals surface area contributed by atoms with Crippen LogP contribution in [0.1, 0.15) is 72.6 Å².